The maximum absolute atomic E-state index is 12.9. The summed E-state index contributed by atoms with van der Waals surface area (Å²) in [5, 5.41) is 6.42. The fourth-order valence-electron chi connectivity index (χ4n) is 3.97. The minimum atomic E-state index is -0.557. The molecule has 1 unspecified atom stereocenters. The summed E-state index contributed by atoms with van der Waals surface area (Å²) in [6, 6.07) is 5.83. The Morgan fingerprint density at radius 1 is 1.31 bits per heavy atom. The van der Waals surface area contributed by atoms with Crippen LogP contribution in [0.5, 0.6) is 0 Å². The Kier molecular flexibility index (Phi) is 8.65. The number of anilines is 1. The van der Waals surface area contributed by atoms with Gasteiger partial charge in [-0.3, -0.25) is 9.59 Å². The number of carbonyl (C=O) groups is 2. The number of fused-ring (bicyclic) bond motifs is 1. The van der Waals surface area contributed by atoms with Gasteiger partial charge in [0.1, 0.15) is 0 Å². The van der Waals surface area contributed by atoms with Crippen molar-refractivity contribution in [1.29, 1.82) is 0 Å². The zero-order valence-corrected chi connectivity index (χ0v) is 18.6. The first-order valence-electron chi connectivity index (χ1n) is 10.9. The third-order valence-corrected chi connectivity index (χ3v) is 5.62. The summed E-state index contributed by atoms with van der Waals surface area (Å²) in [6.45, 7) is 11.1. The first kappa shape index (κ1) is 23.4. The zero-order valence-electron chi connectivity index (χ0n) is 18.6. The van der Waals surface area contributed by atoms with Crippen LogP contribution in [0.1, 0.15) is 69.3 Å². The SMILES string of the molecule is CC.COCCCCN1C(=O)C(C)(C)c2ccc(C(=O)NC3CCCNC3)cc21. The van der Waals surface area contributed by atoms with Crippen LogP contribution in [0.4, 0.5) is 5.69 Å². The number of nitrogens with one attached hydrogen (secondary N) is 2. The number of ether oxygens (including phenoxy) is 1. The van der Waals surface area contributed by atoms with Crippen molar-refractivity contribution < 1.29 is 14.3 Å². The molecule has 2 N–H and O–H groups in total. The number of amides is 2. The molecule has 2 aliphatic heterocycles. The number of piperidine rings is 1. The van der Waals surface area contributed by atoms with Crippen molar-refractivity contribution in [3.05, 3.63) is 29.3 Å². The van der Waals surface area contributed by atoms with E-state index in [0.29, 0.717) is 18.7 Å². The lowest BCUT2D eigenvalue weighted by Gasteiger charge is -2.24. The summed E-state index contributed by atoms with van der Waals surface area (Å²) in [4.78, 5) is 27.5. The van der Waals surface area contributed by atoms with E-state index >= 15 is 0 Å². The highest BCUT2D eigenvalue weighted by atomic mass is 16.5. The molecular formula is C23H37N3O3. The molecule has 2 aliphatic rings. The van der Waals surface area contributed by atoms with Gasteiger partial charge in [-0.1, -0.05) is 19.9 Å². The van der Waals surface area contributed by atoms with Gasteiger partial charge in [0.25, 0.3) is 5.91 Å². The van der Waals surface area contributed by atoms with Crippen LogP contribution >= 0.6 is 0 Å². The molecule has 2 amide bonds. The maximum atomic E-state index is 12.9. The lowest BCUT2D eigenvalue weighted by Crippen LogP contribution is -2.45. The summed E-state index contributed by atoms with van der Waals surface area (Å²) >= 11 is 0. The van der Waals surface area contributed by atoms with Crippen LogP contribution in [0.2, 0.25) is 0 Å². The highest BCUT2D eigenvalue weighted by Gasteiger charge is 2.43. The molecule has 1 aromatic rings. The Labute approximate surface area is 175 Å². The van der Waals surface area contributed by atoms with Crippen LogP contribution < -0.4 is 15.5 Å². The summed E-state index contributed by atoms with van der Waals surface area (Å²) in [6.07, 6.45) is 3.86. The molecule has 1 saturated heterocycles. The number of nitrogens with zero attached hydrogens (tertiary/aromatic N) is 1. The molecule has 3 rings (SSSR count). The number of rotatable bonds is 7. The average molecular weight is 404 g/mol. The Bertz CT molecular complexity index is 697. The maximum Gasteiger partial charge on any atom is 0.251 e. The highest BCUT2D eigenvalue weighted by molar-refractivity contribution is 6.09. The van der Waals surface area contributed by atoms with Crippen molar-refractivity contribution in [2.24, 2.45) is 0 Å². The Balaban J connectivity index is 0.00000145. The summed E-state index contributed by atoms with van der Waals surface area (Å²) in [5.74, 6) is 0.0342. The van der Waals surface area contributed by atoms with Crippen LogP contribution in [0.3, 0.4) is 0 Å². The van der Waals surface area contributed by atoms with Crippen molar-refractivity contribution in [1.82, 2.24) is 10.6 Å². The molecule has 0 spiro atoms. The quantitative estimate of drug-likeness (QED) is 0.686. The third-order valence-electron chi connectivity index (χ3n) is 5.62. The van der Waals surface area contributed by atoms with Gasteiger partial charge in [0.2, 0.25) is 5.91 Å². The van der Waals surface area contributed by atoms with Gasteiger partial charge in [0.05, 0.1) is 5.41 Å². The molecule has 0 aromatic heterocycles. The van der Waals surface area contributed by atoms with Crippen molar-refractivity contribution in [2.45, 2.75) is 64.8 Å². The fourth-order valence-corrected chi connectivity index (χ4v) is 3.97. The Hall–Kier alpha value is -1.92. The number of hydrogen-bond donors (Lipinski definition) is 2. The van der Waals surface area contributed by atoms with E-state index in [1.165, 1.54) is 0 Å². The summed E-state index contributed by atoms with van der Waals surface area (Å²) in [5.41, 5.74) is 1.93. The number of benzene rings is 1. The second-order valence-corrected chi connectivity index (χ2v) is 8.03. The minimum absolute atomic E-state index is 0.0667. The summed E-state index contributed by atoms with van der Waals surface area (Å²) < 4.78 is 5.11. The van der Waals surface area contributed by atoms with Crippen LogP contribution in [0.25, 0.3) is 0 Å². The monoisotopic (exact) mass is 403 g/mol. The van der Waals surface area contributed by atoms with Crippen molar-refractivity contribution in [3.63, 3.8) is 0 Å². The predicted octanol–water partition coefficient (Wildman–Crippen LogP) is 3.25. The van der Waals surface area contributed by atoms with Gasteiger partial charge in [-0.2, -0.15) is 0 Å². The molecule has 0 aliphatic carbocycles. The van der Waals surface area contributed by atoms with Gasteiger partial charge >= 0.3 is 0 Å². The first-order valence-corrected chi connectivity index (χ1v) is 10.9. The normalized spacial score (nSPS) is 20.0. The number of hydrogen-bond acceptors (Lipinski definition) is 4. The number of carbonyl (C=O) groups excluding carboxylic acids is 2. The molecular weight excluding hydrogens is 366 g/mol. The van der Waals surface area contributed by atoms with Gasteiger partial charge in [-0.05, 0) is 63.8 Å². The summed E-state index contributed by atoms with van der Waals surface area (Å²) in [7, 11) is 1.69. The number of unbranched alkanes of at least 4 members (excludes halogenated alkanes) is 1. The van der Waals surface area contributed by atoms with Gasteiger partial charge in [0.15, 0.2) is 0 Å². The van der Waals surface area contributed by atoms with E-state index in [0.717, 1.165) is 50.0 Å². The molecule has 0 saturated carbocycles. The standard InChI is InChI=1S/C21H31N3O3.C2H6/c1-21(2)17-9-8-15(19(25)23-16-7-6-10-22-14-16)13-18(17)24(20(21)26)11-4-5-12-27-3;1-2/h8-9,13,16,22H,4-7,10-12,14H2,1-3H3,(H,23,25);1-2H3. The molecule has 6 nitrogen and oxygen atoms in total. The van der Waals surface area contributed by atoms with Crippen molar-refractivity contribution >= 4 is 17.5 Å². The molecule has 1 aromatic carbocycles. The number of methoxy groups -OCH3 is 1. The van der Waals surface area contributed by atoms with Crippen LogP contribution in [0.15, 0.2) is 18.2 Å². The molecule has 1 fully saturated rings. The first-order chi connectivity index (χ1) is 13.9. The van der Waals surface area contributed by atoms with Gasteiger partial charge in [-0.15, -0.1) is 0 Å². The van der Waals surface area contributed by atoms with E-state index in [1.807, 2.05) is 50.8 Å². The molecule has 6 heteroatoms. The van der Waals surface area contributed by atoms with Crippen LogP contribution in [-0.4, -0.2) is 51.2 Å². The van der Waals surface area contributed by atoms with Crippen molar-refractivity contribution in [3.8, 4) is 0 Å². The largest absolute Gasteiger partial charge is 0.385 e. The Morgan fingerprint density at radius 3 is 2.72 bits per heavy atom. The van der Waals surface area contributed by atoms with E-state index in [4.69, 9.17) is 4.74 Å². The predicted molar refractivity (Wildman–Crippen MR) is 118 cm³/mol. The zero-order chi connectivity index (χ0) is 21.4. The topological polar surface area (TPSA) is 70.7 Å². The molecule has 0 bridgehead atoms. The minimum Gasteiger partial charge on any atom is -0.385 e. The average Bonchev–Trinajstić information content (AvgIpc) is 2.93. The Morgan fingerprint density at radius 2 is 2.07 bits per heavy atom. The fraction of sp³-hybridized carbons (Fsp3) is 0.652. The third kappa shape index (κ3) is 5.37. The smallest absolute Gasteiger partial charge is 0.251 e. The van der Waals surface area contributed by atoms with Gasteiger partial charge < -0.3 is 20.3 Å². The lowest BCUT2D eigenvalue weighted by molar-refractivity contribution is -0.122. The van der Waals surface area contributed by atoms with Gasteiger partial charge in [0, 0.05) is 44.1 Å². The molecule has 162 valence electrons. The van der Waals surface area contributed by atoms with E-state index in [-0.39, 0.29) is 17.9 Å². The second kappa shape index (κ2) is 10.7. The molecule has 1 atom stereocenters. The highest BCUT2D eigenvalue weighted by Crippen LogP contribution is 2.42. The van der Waals surface area contributed by atoms with E-state index in [9.17, 15) is 9.59 Å². The van der Waals surface area contributed by atoms with E-state index in [1.54, 1.807) is 7.11 Å². The van der Waals surface area contributed by atoms with E-state index < -0.39 is 5.41 Å². The molecule has 0 radical (unpaired) electrons. The van der Waals surface area contributed by atoms with E-state index in [2.05, 4.69) is 10.6 Å². The van der Waals surface area contributed by atoms with Crippen LogP contribution in [-0.2, 0) is 14.9 Å². The van der Waals surface area contributed by atoms with Crippen LogP contribution in [0, 0.1) is 0 Å². The lowest BCUT2D eigenvalue weighted by atomic mass is 9.86. The molecule has 29 heavy (non-hydrogen) atoms. The molecule has 2 heterocycles. The van der Waals surface area contributed by atoms with Crippen molar-refractivity contribution in [2.75, 3.05) is 38.3 Å². The van der Waals surface area contributed by atoms with Gasteiger partial charge in [-0.25, -0.2) is 0 Å². The second-order valence-electron chi connectivity index (χ2n) is 8.03.